The monoisotopic (exact) mass is 367 g/mol. The predicted molar refractivity (Wildman–Crippen MR) is 104 cm³/mol. The molecule has 0 bridgehead atoms. The number of nitrogens with zero attached hydrogens (tertiary/aromatic N) is 3. The second-order valence-electron chi connectivity index (χ2n) is 7.77. The molecule has 0 aliphatic rings. The third-order valence-electron chi connectivity index (χ3n) is 4.56. The van der Waals surface area contributed by atoms with Crippen LogP contribution in [0.5, 0.6) is 5.75 Å². The molecule has 3 aromatic rings. The van der Waals surface area contributed by atoms with Crippen molar-refractivity contribution in [3.05, 3.63) is 47.5 Å². The van der Waals surface area contributed by atoms with Crippen molar-refractivity contribution >= 4 is 17.0 Å². The third kappa shape index (κ3) is 3.94. The fourth-order valence-electron chi connectivity index (χ4n) is 2.63. The van der Waals surface area contributed by atoms with Crippen LogP contribution in [-0.2, 0) is 10.2 Å². The molecule has 2 aromatic carbocycles. The highest BCUT2D eigenvalue weighted by Gasteiger charge is 2.18. The van der Waals surface area contributed by atoms with Gasteiger partial charge in [0.25, 0.3) is 0 Å². The van der Waals surface area contributed by atoms with Crippen LogP contribution < -0.4 is 0 Å². The van der Waals surface area contributed by atoms with Crippen LogP contribution in [0.25, 0.3) is 16.7 Å². The van der Waals surface area contributed by atoms with Crippen LogP contribution in [0.3, 0.4) is 0 Å². The van der Waals surface area contributed by atoms with E-state index in [9.17, 15) is 9.90 Å². The van der Waals surface area contributed by atoms with Gasteiger partial charge < -0.3 is 9.84 Å². The van der Waals surface area contributed by atoms with E-state index in [1.807, 2.05) is 32.0 Å². The number of phenols is 1. The van der Waals surface area contributed by atoms with Crippen LogP contribution in [-0.4, -0.2) is 32.2 Å². The maximum Gasteiger partial charge on any atom is 0.338 e. The van der Waals surface area contributed by atoms with E-state index in [1.54, 1.807) is 6.07 Å². The van der Waals surface area contributed by atoms with Crippen LogP contribution in [0.2, 0.25) is 0 Å². The summed E-state index contributed by atoms with van der Waals surface area (Å²) in [7, 11) is 0. The predicted octanol–water partition coefficient (Wildman–Crippen LogP) is 4.38. The van der Waals surface area contributed by atoms with Gasteiger partial charge in [-0.3, -0.25) is 0 Å². The molecular formula is C21H25N3O3. The molecule has 1 heterocycles. The van der Waals surface area contributed by atoms with Crippen molar-refractivity contribution in [2.75, 3.05) is 0 Å². The lowest BCUT2D eigenvalue weighted by molar-refractivity contribution is 0.0334. The van der Waals surface area contributed by atoms with Gasteiger partial charge >= 0.3 is 5.97 Å². The molecule has 0 saturated heterocycles. The van der Waals surface area contributed by atoms with E-state index >= 15 is 0 Å². The molecule has 6 nitrogen and oxygen atoms in total. The molecule has 1 unspecified atom stereocenters. The minimum Gasteiger partial charge on any atom is -0.506 e. The van der Waals surface area contributed by atoms with Crippen LogP contribution in [0.1, 0.15) is 57.0 Å². The normalized spacial score (nSPS) is 12.9. The van der Waals surface area contributed by atoms with Crippen molar-refractivity contribution in [1.29, 1.82) is 0 Å². The fraction of sp³-hybridized carbons (Fsp3) is 0.381. The molecule has 0 aliphatic carbocycles. The summed E-state index contributed by atoms with van der Waals surface area (Å²) in [5.74, 6) is -0.441. The summed E-state index contributed by atoms with van der Waals surface area (Å²) in [6, 6.07) is 10.5. The molecule has 1 aromatic heterocycles. The molecule has 1 atom stereocenters. The van der Waals surface area contributed by atoms with Gasteiger partial charge in [-0.1, -0.05) is 33.8 Å². The summed E-state index contributed by atoms with van der Waals surface area (Å²) in [4.78, 5) is 13.6. The minimum atomic E-state index is -0.433. The van der Waals surface area contributed by atoms with Gasteiger partial charge in [0.1, 0.15) is 22.5 Å². The summed E-state index contributed by atoms with van der Waals surface area (Å²) in [6.07, 6.45) is 0.565. The Morgan fingerprint density at radius 3 is 2.52 bits per heavy atom. The number of aromatic hydroxyl groups is 1. The zero-order chi connectivity index (χ0) is 19.8. The van der Waals surface area contributed by atoms with Crippen LogP contribution in [0.4, 0.5) is 0 Å². The molecule has 0 saturated carbocycles. The molecule has 0 amide bonds. The number of fused-ring (bicyclic) bond motifs is 1. The van der Waals surface area contributed by atoms with Gasteiger partial charge in [-0.25, -0.2) is 4.79 Å². The lowest BCUT2D eigenvalue weighted by Gasteiger charge is -2.18. The Kier molecular flexibility index (Phi) is 4.91. The van der Waals surface area contributed by atoms with Crippen LogP contribution >= 0.6 is 0 Å². The number of rotatable bonds is 4. The molecular weight excluding hydrogens is 342 g/mol. The van der Waals surface area contributed by atoms with Gasteiger partial charge in [-0.05, 0) is 54.7 Å². The highest BCUT2D eigenvalue weighted by Crippen LogP contribution is 2.27. The van der Waals surface area contributed by atoms with Crippen molar-refractivity contribution in [1.82, 2.24) is 15.0 Å². The molecule has 0 fully saturated rings. The van der Waals surface area contributed by atoms with Gasteiger partial charge in [0.2, 0.25) is 0 Å². The van der Waals surface area contributed by atoms with Gasteiger partial charge in [-0.15, -0.1) is 15.0 Å². The van der Waals surface area contributed by atoms with Gasteiger partial charge in [0, 0.05) is 0 Å². The first kappa shape index (κ1) is 18.9. The fourth-order valence-corrected chi connectivity index (χ4v) is 2.63. The quantitative estimate of drug-likeness (QED) is 0.693. The highest BCUT2D eigenvalue weighted by atomic mass is 16.5. The first-order chi connectivity index (χ1) is 12.7. The number of benzene rings is 2. The topological polar surface area (TPSA) is 77.2 Å². The Labute approximate surface area is 158 Å². The number of carbonyl (C=O) groups is 1. The van der Waals surface area contributed by atoms with Gasteiger partial charge in [0.15, 0.2) is 0 Å². The lowest BCUT2D eigenvalue weighted by Crippen LogP contribution is -2.14. The summed E-state index contributed by atoms with van der Waals surface area (Å²) in [6.45, 7) is 10.2. The van der Waals surface area contributed by atoms with Crippen molar-refractivity contribution in [3.8, 4) is 11.4 Å². The molecule has 1 N–H and O–H groups in total. The number of hydrogen-bond acceptors (Lipinski definition) is 5. The van der Waals surface area contributed by atoms with E-state index in [0.717, 1.165) is 23.0 Å². The number of aromatic nitrogens is 3. The van der Waals surface area contributed by atoms with E-state index in [2.05, 4.69) is 31.0 Å². The maximum absolute atomic E-state index is 12.3. The number of carbonyl (C=O) groups excluding carboxylic acids is 1. The molecule has 142 valence electrons. The largest absolute Gasteiger partial charge is 0.506 e. The van der Waals surface area contributed by atoms with E-state index in [-0.39, 0.29) is 17.3 Å². The number of ether oxygens (including phenoxy) is 1. The number of esters is 1. The molecule has 0 spiro atoms. The summed E-state index contributed by atoms with van der Waals surface area (Å²) < 4.78 is 5.36. The zero-order valence-corrected chi connectivity index (χ0v) is 16.4. The minimum absolute atomic E-state index is 0.000244. The van der Waals surface area contributed by atoms with Gasteiger partial charge in [-0.2, -0.15) is 0 Å². The highest BCUT2D eigenvalue weighted by molar-refractivity contribution is 5.90. The number of hydrogen-bond donors (Lipinski definition) is 1. The van der Waals surface area contributed by atoms with E-state index in [4.69, 9.17) is 4.74 Å². The summed E-state index contributed by atoms with van der Waals surface area (Å²) in [5.41, 5.74) is 3.28. The zero-order valence-electron chi connectivity index (χ0n) is 16.4. The standard InChI is InChI=1S/C21H25N3O3/c1-6-13(2)27-20(26)14-7-10-19(25)18(11-14)24-22-16-9-8-15(21(3,4)5)12-17(16)23-24/h7-13,25H,6H2,1-5H3. The van der Waals surface area contributed by atoms with E-state index in [0.29, 0.717) is 11.3 Å². The lowest BCUT2D eigenvalue weighted by atomic mass is 9.87. The van der Waals surface area contributed by atoms with Crippen LogP contribution in [0.15, 0.2) is 36.4 Å². The van der Waals surface area contributed by atoms with Crippen LogP contribution in [0, 0.1) is 0 Å². The Hall–Kier alpha value is -2.89. The van der Waals surface area contributed by atoms with E-state index in [1.165, 1.54) is 16.9 Å². The summed E-state index contributed by atoms with van der Waals surface area (Å²) in [5, 5.41) is 19.2. The summed E-state index contributed by atoms with van der Waals surface area (Å²) >= 11 is 0. The van der Waals surface area contributed by atoms with Crippen molar-refractivity contribution < 1.29 is 14.6 Å². The SMILES string of the molecule is CCC(C)OC(=O)c1ccc(O)c(-n2nc3ccc(C(C)(C)C)cc3n2)c1. The maximum atomic E-state index is 12.3. The second kappa shape index (κ2) is 7.02. The molecule has 3 rings (SSSR count). The van der Waals surface area contributed by atoms with E-state index < -0.39 is 5.97 Å². The van der Waals surface area contributed by atoms with Crippen molar-refractivity contribution in [2.45, 2.75) is 52.6 Å². The smallest absolute Gasteiger partial charge is 0.338 e. The Morgan fingerprint density at radius 2 is 1.85 bits per heavy atom. The number of phenolic OH excluding ortho intramolecular Hbond substituents is 1. The molecule has 0 radical (unpaired) electrons. The van der Waals surface area contributed by atoms with Crippen molar-refractivity contribution in [2.24, 2.45) is 0 Å². The average Bonchev–Trinajstić information content (AvgIpc) is 3.04. The molecule has 27 heavy (non-hydrogen) atoms. The van der Waals surface area contributed by atoms with Crippen molar-refractivity contribution in [3.63, 3.8) is 0 Å². The molecule has 0 aliphatic heterocycles. The Morgan fingerprint density at radius 1 is 1.15 bits per heavy atom. The Bertz CT molecular complexity index is 986. The first-order valence-corrected chi connectivity index (χ1v) is 9.11. The third-order valence-corrected chi connectivity index (χ3v) is 4.56. The average molecular weight is 367 g/mol. The first-order valence-electron chi connectivity index (χ1n) is 9.11. The van der Waals surface area contributed by atoms with Gasteiger partial charge in [0.05, 0.1) is 11.7 Å². The Balaban J connectivity index is 2.00. The molecule has 6 heteroatoms. The second-order valence-corrected chi connectivity index (χ2v) is 7.77.